The highest BCUT2D eigenvalue weighted by atomic mass is 19.1. The summed E-state index contributed by atoms with van der Waals surface area (Å²) in [7, 11) is 0. The Bertz CT molecular complexity index is 989. The molecule has 2 heterocycles. The lowest BCUT2D eigenvalue weighted by Crippen LogP contribution is -2.60. The van der Waals surface area contributed by atoms with Gasteiger partial charge in [0.15, 0.2) is 11.8 Å². The summed E-state index contributed by atoms with van der Waals surface area (Å²) in [5.41, 5.74) is -1.70. The van der Waals surface area contributed by atoms with E-state index in [1.807, 2.05) is 60.7 Å². The first-order valence-corrected chi connectivity index (χ1v) is 11.0. The molecule has 1 amide bonds. The van der Waals surface area contributed by atoms with Crippen molar-refractivity contribution in [3.8, 4) is 0 Å². The SMILES string of the molecule is C[C@]1(O)[C@H](OCc2ccccc2)[C@@](CF)(COCc2ccccc2)O[C@H]1N1C=CC(=O)NC1O. The zero-order chi connectivity index (χ0) is 24.2. The fourth-order valence-electron chi connectivity index (χ4n) is 4.36. The van der Waals surface area contributed by atoms with Gasteiger partial charge in [0.2, 0.25) is 12.3 Å². The number of nitrogens with zero attached hydrogens (tertiary/aromatic N) is 1. The van der Waals surface area contributed by atoms with Crippen LogP contribution in [0.2, 0.25) is 0 Å². The number of halogens is 1. The molecule has 5 atom stereocenters. The second-order valence-corrected chi connectivity index (χ2v) is 8.69. The highest BCUT2D eigenvalue weighted by molar-refractivity contribution is 5.88. The molecule has 9 heteroatoms. The predicted molar refractivity (Wildman–Crippen MR) is 120 cm³/mol. The van der Waals surface area contributed by atoms with Crippen LogP contribution in [0.15, 0.2) is 72.9 Å². The van der Waals surface area contributed by atoms with E-state index in [0.717, 1.165) is 11.1 Å². The number of nitrogens with one attached hydrogen (secondary N) is 1. The molecule has 0 radical (unpaired) electrons. The van der Waals surface area contributed by atoms with Gasteiger partial charge in [-0.15, -0.1) is 0 Å². The molecule has 3 N–H and O–H groups in total. The molecule has 0 aliphatic carbocycles. The van der Waals surface area contributed by atoms with Crippen LogP contribution in [0.3, 0.4) is 0 Å². The van der Waals surface area contributed by atoms with E-state index in [9.17, 15) is 19.4 Å². The van der Waals surface area contributed by atoms with Crippen molar-refractivity contribution >= 4 is 5.91 Å². The van der Waals surface area contributed by atoms with Gasteiger partial charge in [-0.1, -0.05) is 60.7 Å². The van der Waals surface area contributed by atoms with Gasteiger partial charge < -0.3 is 34.6 Å². The first-order chi connectivity index (χ1) is 16.4. The Morgan fingerprint density at radius 1 is 1.09 bits per heavy atom. The summed E-state index contributed by atoms with van der Waals surface area (Å²) >= 11 is 0. The van der Waals surface area contributed by atoms with Gasteiger partial charge in [0.1, 0.15) is 18.4 Å². The first kappa shape index (κ1) is 24.3. The first-order valence-electron chi connectivity index (χ1n) is 11.0. The zero-order valence-corrected chi connectivity index (χ0v) is 18.8. The van der Waals surface area contributed by atoms with Crippen molar-refractivity contribution in [1.82, 2.24) is 10.2 Å². The van der Waals surface area contributed by atoms with E-state index in [0.29, 0.717) is 0 Å². The normalized spacial score (nSPS) is 31.0. The minimum Gasteiger partial charge on any atom is -0.383 e. The summed E-state index contributed by atoms with van der Waals surface area (Å²) < 4.78 is 32.7. The van der Waals surface area contributed by atoms with Gasteiger partial charge in [-0.2, -0.15) is 0 Å². The quantitative estimate of drug-likeness (QED) is 0.512. The smallest absolute Gasteiger partial charge is 0.248 e. The van der Waals surface area contributed by atoms with Crippen molar-refractivity contribution in [3.63, 3.8) is 0 Å². The molecule has 1 saturated heterocycles. The van der Waals surface area contributed by atoms with Crippen LogP contribution >= 0.6 is 0 Å². The van der Waals surface area contributed by atoms with E-state index in [4.69, 9.17) is 14.2 Å². The zero-order valence-electron chi connectivity index (χ0n) is 18.8. The average molecular weight is 473 g/mol. The maximum absolute atomic E-state index is 14.7. The molecular weight excluding hydrogens is 443 g/mol. The molecule has 2 aliphatic heterocycles. The van der Waals surface area contributed by atoms with Crippen LogP contribution < -0.4 is 5.32 Å². The maximum Gasteiger partial charge on any atom is 0.248 e. The number of carbonyl (C=O) groups excluding carboxylic acids is 1. The van der Waals surface area contributed by atoms with E-state index in [1.54, 1.807) is 0 Å². The van der Waals surface area contributed by atoms with Crippen LogP contribution in [0.1, 0.15) is 18.1 Å². The third-order valence-electron chi connectivity index (χ3n) is 6.02. The number of alkyl halides is 1. The number of ether oxygens (including phenoxy) is 3. The van der Waals surface area contributed by atoms with Crippen molar-refractivity contribution < 1.29 is 33.6 Å². The number of amides is 1. The topological polar surface area (TPSA) is 100 Å². The second kappa shape index (κ2) is 10.2. The molecule has 4 rings (SSSR count). The van der Waals surface area contributed by atoms with E-state index in [1.165, 1.54) is 24.1 Å². The standard InChI is InChI=1S/C25H29FN2O6/c1-24(31)21(33-15-19-10-6-3-7-11-19)25(16-26,17-32-14-18-8-4-2-5-9-18)34-22(24)28-13-12-20(29)27-23(28)30/h2-13,21-23,30-31H,14-17H2,1H3,(H,27,29)/t21-,22+,23?,24-,25+/m0/s1. The molecule has 0 aromatic heterocycles. The molecule has 8 nitrogen and oxygen atoms in total. The molecule has 0 spiro atoms. The van der Waals surface area contributed by atoms with Crippen molar-refractivity contribution in [1.29, 1.82) is 0 Å². The van der Waals surface area contributed by atoms with Crippen molar-refractivity contribution in [2.24, 2.45) is 0 Å². The third-order valence-corrected chi connectivity index (χ3v) is 6.02. The molecule has 1 unspecified atom stereocenters. The Morgan fingerprint density at radius 3 is 2.29 bits per heavy atom. The van der Waals surface area contributed by atoms with Crippen LogP contribution in [0, 0.1) is 0 Å². The summed E-state index contributed by atoms with van der Waals surface area (Å²) in [4.78, 5) is 12.8. The Morgan fingerprint density at radius 2 is 1.71 bits per heavy atom. The Hall–Kier alpha value is -2.82. The summed E-state index contributed by atoms with van der Waals surface area (Å²) in [5, 5.41) is 24.2. The monoisotopic (exact) mass is 472 g/mol. The molecule has 34 heavy (non-hydrogen) atoms. The Labute approximate surface area is 197 Å². The highest BCUT2D eigenvalue weighted by Gasteiger charge is 2.64. The third kappa shape index (κ3) is 4.98. The van der Waals surface area contributed by atoms with Crippen LogP contribution in [-0.2, 0) is 32.2 Å². The minimum atomic E-state index is -1.77. The maximum atomic E-state index is 14.7. The summed E-state index contributed by atoms with van der Waals surface area (Å²) in [6.07, 6.45) is -1.35. The number of carbonyl (C=O) groups is 1. The number of hydrogen-bond acceptors (Lipinski definition) is 7. The summed E-state index contributed by atoms with van der Waals surface area (Å²) in [6.45, 7) is 0.567. The predicted octanol–water partition coefficient (Wildman–Crippen LogP) is 1.83. The largest absolute Gasteiger partial charge is 0.383 e. The number of rotatable bonds is 9. The van der Waals surface area contributed by atoms with E-state index >= 15 is 0 Å². The summed E-state index contributed by atoms with van der Waals surface area (Å²) in [5.74, 6) is -0.499. The molecule has 2 aromatic rings. The van der Waals surface area contributed by atoms with E-state index < -0.39 is 42.5 Å². The molecule has 2 aromatic carbocycles. The highest BCUT2D eigenvalue weighted by Crippen LogP contribution is 2.43. The molecule has 0 saturated carbocycles. The Kier molecular flexibility index (Phi) is 7.30. The molecule has 0 bridgehead atoms. The van der Waals surface area contributed by atoms with Gasteiger partial charge in [0.25, 0.3) is 0 Å². The number of benzene rings is 2. The molecular formula is C25H29FN2O6. The molecule has 182 valence electrons. The summed E-state index contributed by atoms with van der Waals surface area (Å²) in [6, 6.07) is 18.7. The van der Waals surface area contributed by atoms with Crippen molar-refractivity contribution in [3.05, 3.63) is 84.1 Å². The van der Waals surface area contributed by atoms with Gasteiger partial charge in [-0.05, 0) is 18.1 Å². The van der Waals surface area contributed by atoms with E-state index in [-0.39, 0.29) is 19.8 Å². The van der Waals surface area contributed by atoms with Gasteiger partial charge in [-0.25, -0.2) is 4.39 Å². The average Bonchev–Trinajstić information content (AvgIpc) is 3.05. The fraction of sp³-hybridized carbons (Fsp3) is 0.400. The minimum absolute atomic E-state index is 0.104. The van der Waals surface area contributed by atoms with Crippen LogP contribution in [0.4, 0.5) is 4.39 Å². The number of hydrogen-bond donors (Lipinski definition) is 3. The lowest BCUT2D eigenvalue weighted by molar-refractivity contribution is -0.195. The lowest BCUT2D eigenvalue weighted by Gasteiger charge is -2.39. The van der Waals surface area contributed by atoms with E-state index in [2.05, 4.69) is 5.32 Å². The second-order valence-electron chi connectivity index (χ2n) is 8.69. The lowest BCUT2D eigenvalue weighted by atomic mass is 9.87. The van der Waals surface area contributed by atoms with Gasteiger partial charge in [-0.3, -0.25) is 4.79 Å². The molecule has 2 aliphatic rings. The number of aliphatic hydroxyl groups is 2. The van der Waals surface area contributed by atoms with Gasteiger partial charge in [0.05, 0.1) is 19.8 Å². The fourth-order valence-corrected chi connectivity index (χ4v) is 4.36. The van der Waals surface area contributed by atoms with Crippen LogP contribution in [0.25, 0.3) is 0 Å². The van der Waals surface area contributed by atoms with Crippen LogP contribution in [0.5, 0.6) is 0 Å². The Balaban J connectivity index is 1.59. The van der Waals surface area contributed by atoms with Gasteiger partial charge in [0, 0.05) is 12.3 Å². The number of aliphatic hydroxyl groups excluding tert-OH is 1. The van der Waals surface area contributed by atoms with Crippen molar-refractivity contribution in [2.45, 2.75) is 50.0 Å². The van der Waals surface area contributed by atoms with Crippen molar-refractivity contribution in [2.75, 3.05) is 13.3 Å². The van der Waals surface area contributed by atoms with Crippen LogP contribution in [-0.4, -0.2) is 64.2 Å². The van der Waals surface area contributed by atoms with Gasteiger partial charge >= 0.3 is 0 Å². The molecule has 1 fully saturated rings.